The molecule has 0 bridgehead atoms. The number of ether oxygens (including phenoxy) is 1. The van der Waals surface area contributed by atoms with Gasteiger partial charge in [0.05, 0.1) is 10.6 Å². The lowest BCUT2D eigenvalue weighted by atomic mass is 10.0. The zero-order valence-corrected chi connectivity index (χ0v) is 17.1. The molecule has 0 unspecified atom stereocenters. The molecule has 29 heavy (non-hydrogen) atoms. The molecule has 1 nitrogen and oxygen atoms in total. The maximum absolute atomic E-state index is 14.6. The minimum absolute atomic E-state index is 0.0121. The van der Waals surface area contributed by atoms with E-state index in [0.29, 0.717) is 5.39 Å². The summed E-state index contributed by atoms with van der Waals surface area (Å²) in [4.78, 5) is 0. The summed E-state index contributed by atoms with van der Waals surface area (Å²) in [7, 11) is 0. The van der Waals surface area contributed by atoms with Crippen LogP contribution in [-0.4, -0.2) is 0 Å². The normalized spacial score (nSPS) is 11.8. The van der Waals surface area contributed by atoms with Gasteiger partial charge in [-0.05, 0) is 60.2 Å². The van der Waals surface area contributed by atoms with Crippen molar-refractivity contribution in [2.75, 3.05) is 0 Å². The van der Waals surface area contributed by atoms with E-state index in [4.69, 9.17) is 16.3 Å². The Morgan fingerprint density at radius 2 is 1.62 bits per heavy atom. The first-order valence-corrected chi connectivity index (χ1v) is 10.3. The van der Waals surface area contributed by atoms with Gasteiger partial charge in [-0.1, -0.05) is 62.4 Å². The summed E-state index contributed by atoms with van der Waals surface area (Å²) in [6, 6.07) is 13.3. The molecule has 0 saturated carbocycles. The highest BCUT2D eigenvalue weighted by molar-refractivity contribution is 6.31. The molecule has 0 aromatic heterocycles. The van der Waals surface area contributed by atoms with E-state index in [0.717, 1.165) is 24.8 Å². The Morgan fingerprint density at radius 3 is 2.34 bits per heavy atom. The fraction of sp³-hybridized carbons (Fsp3) is 0.333. The number of benzene rings is 3. The molecule has 0 radical (unpaired) electrons. The predicted molar refractivity (Wildman–Crippen MR) is 112 cm³/mol. The van der Waals surface area contributed by atoms with Crippen LogP contribution in [0.3, 0.4) is 0 Å². The van der Waals surface area contributed by atoms with Crippen LogP contribution in [0.25, 0.3) is 10.8 Å². The molecule has 0 aliphatic rings. The number of halogens is 4. The summed E-state index contributed by atoms with van der Waals surface area (Å²) < 4.78 is 48.1. The van der Waals surface area contributed by atoms with Gasteiger partial charge in [0.2, 0.25) is 0 Å². The summed E-state index contributed by atoms with van der Waals surface area (Å²) in [5.41, 5.74) is 0.828. The van der Waals surface area contributed by atoms with Gasteiger partial charge in [-0.15, -0.1) is 0 Å². The van der Waals surface area contributed by atoms with Crippen LogP contribution in [0.2, 0.25) is 5.02 Å². The zero-order chi connectivity index (χ0) is 20.9. The van der Waals surface area contributed by atoms with Gasteiger partial charge in [0.15, 0.2) is 0 Å². The molecule has 5 heteroatoms. The average molecular weight is 421 g/mol. The molecule has 0 fully saturated rings. The first-order valence-electron chi connectivity index (χ1n) is 9.94. The minimum Gasteiger partial charge on any atom is -0.429 e. The first kappa shape index (κ1) is 21.5. The van der Waals surface area contributed by atoms with E-state index in [9.17, 15) is 13.2 Å². The molecule has 0 N–H and O–H groups in total. The summed E-state index contributed by atoms with van der Waals surface area (Å²) in [5, 5.41) is 0.692. The van der Waals surface area contributed by atoms with Gasteiger partial charge in [0.1, 0.15) is 11.6 Å². The number of hydrogen-bond acceptors (Lipinski definition) is 1. The van der Waals surface area contributed by atoms with Crippen LogP contribution in [-0.2, 0) is 12.5 Å². The maximum Gasteiger partial charge on any atom is 0.426 e. The van der Waals surface area contributed by atoms with Gasteiger partial charge in [-0.2, -0.15) is 8.78 Å². The van der Waals surface area contributed by atoms with E-state index in [-0.39, 0.29) is 21.7 Å². The third-order valence-electron chi connectivity index (χ3n) is 4.98. The zero-order valence-electron chi connectivity index (χ0n) is 16.4. The molecule has 0 atom stereocenters. The van der Waals surface area contributed by atoms with Crippen molar-refractivity contribution >= 4 is 22.4 Å². The molecule has 0 spiro atoms. The van der Waals surface area contributed by atoms with Gasteiger partial charge in [-0.25, -0.2) is 4.39 Å². The van der Waals surface area contributed by atoms with Gasteiger partial charge in [0, 0.05) is 5.39 Å². The van der Waals surface area contributed by atoms with Crippen molar-refractivity contribution in [2.24, 2.45) is 0 Å². The Labute approximate surface area is 174 Å². The Balaban J connectivity index is 1.67. The Hall–Kier alpha value is -2.20. The highest BCUT2D eigenvalue weighted by Gasteiger charge is 2.34. The number of aryl methyl sites for hydroxylation is 1. The van der Waals surface area contributed by atoms with Gasteiger partial charge in [-0.3, -0.25) is 0 Å². The van der Waals surface area contributed by atoms with Crippen molar-refractivity contribution < 1.29 is 17.9 Å². The number of fused-ring (bicyclic) bond motifs is 1. The third-order valence-corrected chi connectivity index (χ3v) is 5.28. The van der Waals surface area contributed by atoms with Crippen LogP contribution in [0.5, 0.6) is 5.75 Å². The van der Waals surface area contributed by atoms with Crippen LogP contribution in [0.1, 0.15) is 50.2 Å². The van der Waals surface area contributed by atoms with Crippen LogP contribution < -0.4 is 4.74 Å². The Morgan fingerprint density at radius 1 is 0.897 bits per heavy atom. The molecule has 0 heterocycles. The van der Waals surface area contributed by atoms with Crippen molar-refractivity contribution in [3.05, 3.63) is 76.6 Å². The summed E-state index contributed by atoms with van der Waals surface area (Å²) >= 11 is 5.75. The fourth-order valence-corrected chi connectivity index (χ4v) is 3.48. The fourth-order valence-electron chi connectivity index (χ4n) is 3.31. The summed E-state index contributed by atoms with van der Waals surface area (Å²) in [6.45, 7) is 2.17. The second kappa shape index (κ2) is 9.53. The second-order valence-electron chi connectivity index (χ2n) is 7.22. The predicted octanol–water partition coefficient (Wildman–Crippen LogP) is 8.27. The van der Waals surface area contributed by atoms with Crippen LogP contribution in [0.15, 0.2) is 54.6 Å². The molecular weight excluding hydrogens is 397 g/mol. The first-order chi connectivity index (χ1) is 13.9. The topological polar surface area (TPSA) is 9.23 Å². The number of rotatable bonds is 9. The van der Waals surface area contributed by atoms with Crippen molar-refractivity contribution in [1.29, 1.82) is 0 Å². The molecule has 3 rings (SSSR count). The van der Waals surface area contributed by atoms with Gasteiger partial charge < -0.3 is 4.74 Å². The highest BCUT2D eigenvalue weighted by Crippen LogP contribution is 2.34. The second-order valence-corrected chi connectivity index (χ2v) is 7.63. The largest absolute Gasteiger partial charge is 0.429 e. The third kappa shape index (κ3) is 5.45. The van der Waals surface area contributed by atoms with Crippen LogP contribution in [0.4, 0.5) is 13.2 Å². The Kier molecular flexibility index (Phi) is 7.07. The van der Waals surface area contributed by atoms with Crippen LogP contribution in [0, 0.1) is 5.82 Å². The molecule has 3 aromatic rings. The monoisotopic (exact) mass is 420 g/mol. The van der Waals surface area contributed by atoms with E-state index < -0.39 is 11.9 Å². The lowest BCUT2D eigenvalue weighted by molar-refractivity contribution is -0.185. The highest BCUT2D eigenvalue weighted by atomic mass is 35.5. The maximum atomic E-state index is 14.6. The molecule has 0 saturated heterocycles. The van der Waals surface area contributed by atoms with Crippen LogP contribution >= 0.6 is 11.6 Å². The van der Waals surface area contributed by atoms with E-state index in [1.165, 1.54) is 55.7 Å². The smallest absolute Gasteiger partial charge is 0.426 e. The minimum atomic E-state index is -3.49. The average Bonchev–Trinajstić information content (AvgIpc) is 2.71. The van der Waals surface area contributed by atoms with E-state index >= 15 is 0 Å². The Bertz CT molecular complexity index is 954. The van der Waals surface area contributed by atoms with E-state index in [1.807, 2.05) is 0 Å². The van der Waals surface area contributed by atoms with E-state index in [2.05, 4.69) is 6.92 Å². The van der Waals surface area contributed by atoms with Crippen molar-refractivity contribution in [1.82, 2.24) is 0 Å². The lowest BCUT2D eigenvalue weighted by Gasteiger charge is -2.19. The van der Waals surface area contributed by atoms with Crippen molar-refractivity contribution in [2.45, 2.75) is 51.6 Å². The lowest BCUT2D eigenvalue weighted by Crippen LogP contribution is -2.21. The van der Waals surface area contributed by atoms with Crippen molar-refractivity contribution in [3.63, 3.8) is 0 Å². The number of unbranched alkanes of at least 4 members (excludes halogenated alkanes) is 4. The molecule has 0 amide bonds. The molecular formula is C24H24ClF3O. The van der Waals surface area contributed by atoms with Crippen molar-refractivity contribution in [3.8, 4) is 5.75 Å². The van der Waals surface area contributed by atoms with E-state index in [1.54, 1.807) is 18.2 Å². The molecule has 154 valence electrons. The molecule has 3 aromatic carbocycles. The molecule has 0 aliphatic heterocycles. The standard InChI is InChI=1S/C24H24ClF3O/c1-2-3-4-5-6-7-17-8-11-19(12-9-17)24(27,28)29-20-13-14-21-18(16-20)10-15-22(25)23(21)26/h8-16H,2-7H2,1H3. The summed E-state index contributed by atoms with van der Waals surface area (Å²) in [6.07, 6.45) is 3.25. The SMILES string of the molecule is CCCCCCCc1ccc(C(F)(F)Oc2ccc3c(F)c(Cl)ccc3c2)cc1. The van der Waals surface area contributed by atoms with Gasteiger partial charge in [0.25, 0.3) is 0 Å². The quantitative estimate of drug-likeness (QED) is 0.316. The number of alkyl halides is 2. The summed E-state index contributed by atoms with van der Waals surface area (Å²) in [5.74, 6) is -0.614. The number of hydrogen-bond donors (Lipinski definition) is 0. The van der Waals surface area contributed by atoms with Gasteiger partial charge >= 0.3 is 6.11 Å². The molecule has 0 aliphatic carbocycles.